The number of rotatable bonds is 11. The van der Waals surface area contributed by atoms with Crippen molar-refractivity contribution >= 4 is 39.5 Å². The fourth-order valence-corrected chi connectivity index (χ4v) is 9.51. The Hall–Kier alpha value is -3.15. The van der Waals surface area contributed by atoms with Gasteiger partial charge in [0.25, 0.3) is 0 Å². The Morgan fingerprint density at radius 1 is 1.02 bits per heavy atom. The molecule has 3 fully saturated rings. The molecule has 0 aliphatic carbocycles. The van der Waals surface area contributed by atoms with Gasteiger partial charge in [0.05, 0.1) is 23.3 Å². The topological polar surface area (TPSA) is 142 Å². The molecule has 4 aliphatic heterocycles. The summed E-state index contributed by atoms with van der Waals surface area (Å²) in [5, 5.41) is 4.87. The smallest absolute Gasteiger partial charge is 0.368 e. The highest BCUT2D eigenvalue weighted by atomic mass is 32.2. The molecule has 5 heterocycles. The van der Waals surface area contributed by atoms with Crippen LogP contribution in [-0.2, 0) is 50.1 Å². The number of nitrogens with zero attached hydrogens (tertiary/aromatic N) is 6. The minimum atomic E-state index is -4.68. The Morgan fingerprint density at radius 3 is 2.44 bits per heavy atom. The lowest BCUT2D eigenvalue weighted by atomic mass is 10.0. The normalized spacial score (nSPS) is 21.3. The third kappa shape index (κ3) is 8.00. The Bertz CT molecular complexity index is 1730. The van der Waals surface area contributed by atoms with E-state index >= 15 is 0 Å². The number of likely N-dealkylation sites (tertiary alicyclic amines) is 3. The molecular formula is C33H44F3N7O5S2. The number of amides is 3. The number of fused-ring (bicyclic) bond motifs is 1. The number of piperidine rings is 1. The number of halogens is 3. The molecule has 0 bridgehead atoms. The zero-order valence-corrected chi connectivity index (χ0v) is 29.8. The predicted octanol–water partition coefficient (Wildman–Crippen LogP) is 2.93. The van der Waals surface area contributed by atoms with Crippen LogP contribution in [0, 0.1) is 0 Å². The molecule has 12 nitrogen and oxygen atoms in total. The van der Waals surface area contributed by atoms with Crippen molar-refractivity contribution in [1.29, 1.82) is 0 Å². The summed E-state index contributed by atoms with van der Waals surface area (Å²) in [6.07, 6.45) is 2.11. The molecule has 3 amide bonds. The monoisotopic (exact) mass is 739 g/mol. The minimum absolute atomic E-state index is 0.0533. The van der Waals surface area contributed by atoms with Crippen molar-refractivity contribution in [3.63, 3.8) is 0 Å². The Balaban J connectivity index is 1.21. The summed E-state index contributed by atoms with van der Waals surface area (Å²) in [6.45, 7) is 4.67. The van der Waals surface area contributed by atoms with Gasteiger partial charge in [0, 0.05) is 86.4 Å². The van der Waals surface area contributed by atoms with Gasteiger partial charge in [-0.15, -0.1) is 11.8 Å². The number of carbonyl (C=O) groups is 3. The van der Waals surface area contributed by atoms with Crippen LogP contribution < -0.4 is 5.73 Å². The van der Waals surface area contributed by atoms with Gasteiger partial charge in [-0.25, -0.2) is 8.42 Å². The van der Waals surface area contributed by atoms with Crippen LogP contribution in [-0.4, -0.2) is 118 Å². The third-order valence-electron chi connectivity index (χ3n) is 10.3. The van der Waals surface area contributed by atoms with Gasteiger partial charge in [-0.05, 0) is 57.2 Å². The lowest BCUT2D eigenvalue weighted by Gasteiger charge is -2.36. The zero-order chi connectivity index (χ0) is 35.8. The number of aromatic nitrogens is 2. The molecular weight excluding hydrogens is 696 g/mol. The van der Waals surface area contributed by atoms with E-state index in [1.807, 2.05) is 9.58 Å². The second-order valence-electron chi connectivity index (χ2n) is 13.6. The number of primary amides is 1. The van der Waals surface area contributed by atoms with E-state index in [2.05, 4.69) is 4.90 Å². The first-order chi connectivity index (χ1) is 23.7. The highest BCUT2D eigenvalue weighted by molar-refractivity contribution is 8.00. The van der Waals surface area contributed by atoms with Crippen molar-refractivity contribution in [3.05, 3.63) is 35.0 Å². The number of sulfonamides is 1. The van der Waals surface area contributed by atoms with E-state index in [4.69, 9.17) is 10.8 Å². The van der Waals surface area contributed by atoms with E-state index in [-0.39, 0.29) is 29.6 Å². The number of carbonyl (C=O) groups excluding carboxylic acids is 3. The summed E-state index contributed by atoms with van der Waals surface area (Å²) in [4.78, 5) is 42.6. The van der Waals surface area contributed by atoms with Crippen LogP contribution in [0.3, 0.4) is 0 Å². The van der Waals surface area contributed by atoms with Gasteiger partial charge < -0.3 is 20.4 Å². The molecule has 2 aromatic rings. The van der Waals surface area contributed by atoms with Crippen LogP contribution in [0.25, 0.3) is 11.3 Å². The van der Waals surface area contributed by atoms with Crippen molar-refractivity contribution < 1.29 is 36.0 Å². The highest BCUT2D eigenvalue weighted by Gasteiger charge is 2.37. The second-order valence-corrected chi connectivity index (χ2v) is 16.6. The van der Waals surface area contributed by atoms with Gasteiger partial charge in [-0.3, -0.25) is 19.1 Å². The SMILES string of the molecule is CS(=O)(=O)N1CCc2c(c(-c3ccc(C(F)(F)F)c(SCC(=O)N4CCCC4C(N)=O)c3)nn2CCCN2CCC(N3CCCC3=O)CC2)C1. The average Bonchev–Trinajstić information content (AvgIpc) is 3.82. The first kappa shape index (κ1) is 36.6. The summed E-state index contributed by atoms with van der Waals surface area (Å²) >= 11 is 0.747. The van der Waals surface area contributed by atoms with Gasteiger partial charge in [0.1, 0.15) is 6.04 Å². The molecule has 1 aromatic heterocycles. The number of aryl methyl sites for hydroxylation is 1. The number of thioether (sulfide) groups is 1. The van der Waals surface area contributed by atoms with Crippen LogP contribution in [0.1, 0.15) is 61.8 Å². The van der Waals surface area contributed by atoms with Gasteiger partial charge >= 0.3 is 6.18 Å². The Morgan fingerprint density at radius 2 is 1.78 bits per heavy atom. The van der Waals surface area contributed by atoms with Gasteiger partial charge in [-0.2, -0.15) is 22.6 Å². The lowest BCUT2D eigenvalue weighted by molar-refractivity contribution is -0.139. The maximum atomic E-state index is 14.2. The summed E-state index contributed by atoms with van der Waals surface area (Å²) in [5.41, 5.74) is 6.88. The van der Waals surface area contributed by atoms with Gasteiger partial charge in [-0.1, -0.05) is 6.07 Å². The summed E-state index contributed by atoms with van der Waals surface area (Å²) in [7, 11) is -3.54. The molecule has 50 heavy (non-hydrogen) atoms. The maximum absolute atomic E-state index is 14.2. The molecule has 1 aromatic carbocycles. The van der Waals surface area contributed by atoms with E-state index in [0.717, 1.165) is 81.6 Å². The first-order valence-corrected chi connectivity index (χ1v) is 20.0. The average molecular weight is 740 g/mol. The van der Waals surface area contributed by atoms with Crippen LogP contribution >= 0.6 is 11.8 Å². The molecule has 6 rings (SSSR count). The summed E-state index contributed by atoms with van der Waals surface area (Å²) in [5.74, 6) is -1.16. The molecule has 1 unspecified atom stereocenters. The molecule has 1 atom stereocenters. The fraction of sp³-hybridized carbons (Fsp3) is 0.636. The third-order valence-corrected chi connectivity index (χ3v) is 12.6. The maximum Gasteiger partial charge on any atom is 0.417 e. The first-order valence-electron chi connectivity index (χ1n) is 17.2. The van der Waals surface area contributed by atoms with E-state index < -0.39 is 39.6 Å². The van der Waals surface area contributed by atoms with Crippen LogP contribution in [0.4, 0.5) is 13.2 Å². The van der Waals surface area contributed by atoms with Crippen LogP contribution in [0.5, 0.6) is 0 Å². The molecule has 0 radical (unpaired) electrons. The number of hydrogen-bond acceptors (Lipinski definition) is 8. The van der Waals surface area contributed by atoms with Crippen molar-refractivity contribution in [2.45, 2.75) is 87.6 Å². The molecule has 4 aliphatic rings. The number of alkyl halides is 3. The van der Waals surface area contributed by atoms with E-state index in [9.17, 15) is 36.0 Å². The molecule has 2 N–H and O–H groups in total. The Labute approximate surface area is 294 Å². The largest absolute Gasteiger partial charge is 0.417 e. The fourth-order valence-electron chi connectivity index (χ4n) is 7.73. The van der Waals surface area contributed by atoms with Crippen molar-refractivity contribution in [2.75, 3.05) is 51.3 Å². The number of nitrogens with two attached hydrogens (primary N) is 1. The minimum Gasteiger partial charge on any atom is -0.368 e. The van der Waals surface area contributed by atoms with Crippen molar-refractivity contribution in [3.8, 4) is 11.3 Å². The van der Waals surface area contributed by atoms with E-state index in [0.29, 0.717) is 61.6 Å². The zero-order valence-electron chi connectivity index (χ0n) is 28.2. The molecule has 0 spiro atoms. The van der Waals surface area contributed by atoms with E-state index in [1.165, 1.54) is 21.3 Å². The quantitative estimate of drug-likeness (QED) is 0.347. The van der Waals surface area contributed by atoms with Crippen LogP contribution in [0.15, 0.2) is 23.1 Å². The van der Waals surface area contributed by atoms with Crippen molar-refractivity contribution in [1.82, 2.24) is 28.8 Å². The Kier molecular flexibility index (Phi) is 10.9. The molecule has 3 saturated heterocycles. The van der Waals surface area contributed by atoms with Crippen LogP contribution in [0.2, 0.25) is 0 Å². The summed E-state index contributed by atoms with van der Waals surface area (Å²) in [6, 6.07) is 3.23. The number of benzene rings is 1. The van der Waals surface area contributed by atoms with Crippen molar-refractivity contribution in [2.24, 2.45) is 5.73 Å². The lowest BCUT2D eigenvalue weighted by Crippen LogP contribution is -2.45. The second kappa shape index (κ2) is 14.8. The molecule has 0 saturated carbocycles. The molecule has 274 valence electrons. The summed E-state index contributed by atoms with van der Waals surface area (Å²) < 4.78 is 70.8. The van der Waals surface area contributed by atoms with Gasteiger partial charge in [0.15, 0.2) is 0 Å². The standard InChI is InChI=1S/C33H44F3N7O5S2/c1-50(47,48)40-18-11-26-24(20-40)31(38-43(26)15-4-12-39-16-9-23(10-17-39)41-13-3-6-29(41)44)22-7-8-25(33(34,35)36)28(19-22)49-21-30(45)42-14-2-5-27(42)32(37)46/h7-8,19,23,27H,2-6,9-18,20-21H2,1H3,(H2,37,46). The predicted molar refractivity (Wildman–Crippen MR) is 181 cm³/mol. The highest BCUT2D eigenvalue weighted by Crippen LogP contribution is 2.40. The van der Waals surface area contributed by atoms with E-state index in [1.54, 1.807) is 0 Å². The molecule has 17 heteroatoms. The number of hydrogen-bond donors (Lipinski definition) is 1. The van der Waals surface area contributed by atoms with Gasteiger partial charge in [0.2, 0.25) is 27.7 Å².